The SMILES string of the molecule is O=C(Nc1ccccc1OC[C@@H](O)CN1CCC2(CC1)Cc1cc(Cl)ccc1O2)N1CCC(O)CC1. The first kappa shape index (κ1) is 25.1. The molecule has 2 fully saturated rings. The van der Waals surface area contributed by atoms with E-state index in [1.807, 2.05) is 30.3 Å². The molecule has 3 aliphatic heterocycles. The van der Waals surface area contributed by atoms with E-state index in [-0.39, 0.29) is 24.3 Å². The topological polar surface area (TPSA) is 94.5 Å². The highest BCUT2D eigenvalue weighted by atomic mass is 35.5. The third-order valence-corrected chi connectivity index (χ3v) is 7.64. The van der Waals surface area contributed by atoms with Crippen molar-refractivity contribution in [1.82, 2.24) is 9.80 Å². The van der Waals surface area contributed by atoms with Crippen molar-refractivity contribution in [2.45, 2.75) is 49.9 Å². The van der Waals surface area contributed by atoms with Gasteiger partial charge in [0.25, 0.3) is 0 Å². The molecule has 8 nitrogen and oxygen atoms in total. The summed E-state index contributed by atoms with van der Waals surface area (Å²) in [7, 11) is 0. The van der Waals surface area contributed by atoms with Crippen molar-refractivity contribution in [3.05, 3.63) is 53.1 Å². The number of para-hydroxylation sites is 2. The molecule has 0 radical (unpaired) electrons. The Kier molecular flexibility index (Phi) is 7.57. The molecule has 5 rings (SSSR count). The molecule has 3 aliphatic rings. The summed E-state index contributed by atoms with van der Waals surface area (Å²) in [6.45, 7) is 3.38. The van der Waals surface area contributed by atoms with E-state index in [1.54, 1.807) is 17.0 Å². The second-order valence-electron chi connectivity index (χ2n) is 10.1. The van der Waals surface area contributed by atoms with Crippen LogP contribution < -0.4 is 14.8 Å². The summed E-state index contributed by atoms with van der Waals surface area (Å²) in [4.78, 5) is 16.6. The van der Waals surface area contributed by atoms with Crippen LogP contribution in [-0.2, 0) is 6.42 Å². The lowest BCUT2D eigenvalue weighted by atomic mass is 9.87. The molecule has 36 heavy (non-hydrogen) atoms. The van der Waals surface area contributed by atoms with Gasteiger partial charge in [-0.3, -0.25) is 0 Å². The number of nitrogens with zero attached hydrogens (tertiary/aromatic N) is 2. The molecule has 1 spiro atoms. The van der Waals surface area contributed by atoms with E-state index >= 15 is 0 Å². The Morgan fingerprint density at radius 1 is 1.17 bits per heavy atom. The lowest BCUT2D eigenvalue weighted by Crippen LogP contribution is -2.49. The van der Waals surface area contributed by atoms with E-state index in [1.165, 1.54) is 5.56 Å². The number of piperidine rings is 2. The highest BCUT2D eigenvalue weighted by molar-refractivity contribution is 6.30. The summed E-state index contributed by atoms with van der Waals surface area (Å²) in [5.41, 5.74) is 1.57. The predicted molar refractivity (Wildman–Crippen MR) is 138 cm³/mol. The Morgan fingerprint density at radius 2 is 1.92 bits per heavy atom. The van der Waals surface area contributed by atoms with Crippen LogP contribution in [0.2, 0.25) is 5.02 Å². The molecule has 194 valence electrons. The average molecular weight is 516 g/mol. The van der Waals surface area contributed by atoms with Gasteiger partial charge in [0.15, 0.2) is 0 Å². The largest absolute Gasteiger partial charge is 0.489 e. The molecule has 9 heteroatoms. The highest BCUT2D eigenvalue weighted by Gasteiger charge is 2.42. The first-order valence-electron chi connectivity index (χ1n) is 12.7. The maximum atomic E-state index is 12.6. The second kappa shape index (κ2) is 10.8. The van der Waals surface area contributed by atoms with Gasteiger partial charge in [0.2, 0.25) is 0 Å². The van der Waals surface area contributed by atoms with Crippen molar-refractivity contribution < 1.29 is 24.5 Å². The number of carbonyl (C=O) groups is 1. The number of β-amino-alcohol motifs (C(OH)–C–C–N with tert-alkyl or cyclic N) is 1. The van der Waals surface area contributed by atoms with Gasteiger partial charge in [-0.1, -0.05) is 23.7 Å². The number of halogens is 1. The summed E-state index contributed by atoms with van der Waals surface area (Å²) in [5.74, 6) is 1.46. The number of aliphatic hydroxyl groups is 2. The minimum absolute atomic E-state index is 0.130. The predicted octanol–water partition coefficient (Wildman–Crippen LogP) is 3.54. The van der Waals surface area contributed by atoms with Crippen molar-refractivity contribution in [1.29, 1.82) is 0 Å². The number of likely N-dealkylation sites (tertiary alicyclic amines) is 2. The van der Waals surface area contributed by atoms with Crippen molar-refractivity contribution in [3.63, 3.8) is 0 Å². The molecule has 1 atom stereocenters. The number of hydrogen-bond donors (Lipinski definition) is 3. The van der Waals surface area contributed by atoms with Gasteiger partial charge in [0.1, 0.15) is 29.8 Å². The van der Waals surface area contributed by atoms with Gasteiger partial charge < -0.3 is 34.8 Å². The Morgan fingerprint density at radius 3 is 2.69 bits per heavy atom. The molecule has 0 aromatic heterocycles. The zero-order valence-electron chi connectivity index (χ0n) is 20.4. The van der Waals surface area contributed by atoms with Crippen molar-refractivity contribution >= 4 is 23.3 Å². The zero-order chi connectivity index (χ0) is 25.1. The number of urea groups is 1. The average Bonchev–Trinajstić information content (AvgIpc) is 3.22. The number of ether oxygens (including phenoxy) is 2. The van der Waals surface area contributed by atoms with Crippen molar-refractivity contribution in [3.8, 4) is 11.5 Å². The molecule has 2 saturated heterocycles. The van der Waals surface area contributed by atoms with Crippen LogP contribution in [0.1, 0.15) is 31.2 Å². The molecule has 3 N–H and O–H groups in total. The van der Waals surface area contributed by atoms with Crippen LogP contribution in [0.25, 0.3) is 0 Å². The molecule has 3 heterocycles. The fourth-order valence-electron chi connectivity index (χ4n) is 5.32. The van der Waals surface area contributed by atoms with Crippen LogP contribution in [0.15, 0.2) is 42.5 Å². The van der Waals surface area contributed by atoms with Gasteiger partial charge >= 0.3 is 6.03 Å². The molecule has 0 unspecified atom stereocenters. The third kappa shape index (κ3) is 5.89. The number of rotatable bonds is 6. The van der Waals surface area contributed by atoms with Crippen molar-refractivity contribution in [2.24, 2.45) is 0 Å². The van der Waals surface area contributed by atoms with E-state index in [4.69, 9.17) is 21.1 Å². The summed E-state index contributed by atoms with van der Waals surface area (Å²) in [6.07, 6.45) is 2.85. The fraction of sp³-hybridized carbons (Fsp3) is 0.519. The molecule has 0 saturated carbocycles. The molecular weight excluding hydrogens is 482 g/mol. The Bertz CT molecular complexity index is 1070. The van der Waals surface area contributed by atoms with Gasteiger partial charge in [0.05, 0.1) is 11.8 Å². The quantitative estimate of drug-likeness (QED) is 0.545. The fourth-order valence-corrected chi connectivity index (χ4v) is 5.51. The standard InChI is InChI=1S/C27H34ClN3O5/c28-20-5-6-24-19(15-20)16-27(36-24)9-13-30(14-10-27)17-22(33)18-35-25-4-2-1-3-23(25)29-26(34)31-11-7-21(32)8-12-31/h1-6,15,21-22,32-33H,7-14,16-18H2,(H,29,34)/t22-/m0/s1. The summed E-state index contributed by atoms with van der Waals surface area (Å²) in [6, 6.07) is 12.9. The summed E-state index contributed by atoms with van der Waals surface area (Å²) < 4.78 is 12.2. The number of aliphatic hydroxyl groups excluding tert-OH is 2. The monoisotopic (exact) mass is 515 g/mol. The number of hydrogen-bond acceptors (Lipinski definition) is 6. The van der Waals surface area contributed by atoms with E-state index in [9.17, 15) is 15.0 Å². The highest BCUT2D eigenvalue weighted by Crippen LogP contribution is 2.42. The molecule has 2 amide bonds. The molecule has 0 bridgehead atoms. The van der Waals surface area contributed by atoms with Crippen LogP contribution in [-0.4, -0.2) is 83.2 Å². The number of nitrogens with one attached hydrogen (secondary N) is 1. The number of amides is 2. The maximum absolute atomic E-state index is 12.6. The van der Waals surface area contributed by atoms with Gasteiger partial charge in [-0.15, -0.1) is 0 Å². The van der Waals surface area contributed by atoms with E-state index in [2.05, 4.69) is 10.2 Å². The minimum atomic E-state index is -0.660. The van der Waals surface area contributed by atoms with Crippen LogP contribution in [0.5, 0.6) is 11.5 Å². The number of benzene rings is 2. The Hall–Kier alpha value is -2.52. The molecule has 2 aromatic carbocycles. The van der Waals surface area contributed by atoms with Crippen LogP contribution in [0.3, 0.4) is 0 Å². The smallest absolute Gasteiger partial charge is 0.321 e. The normalized spacial score (nSPS) is 20.6. The zero-order valence-corrected chi connectivity index (χ0v) is 21.1. The van der Waals surface area contributed by atoms with Crippen LogP contribution >= 0.6 is 11.6 Å². The van der Waals surface area contributed by atoms with Gasteiger partial charge in [-0.2, -0.15) is 0 Å². The lowest BCUT2D eigenvalue weighted by Gasteiger charge is -2.39. The number of fused-ring (bicyclic) bond motifs is 1. The first-order valence-corrected chi connectivity index (χ1v) is 13.1. The van der Waals surface area contributed by atoms with Gasteiger partial charge in [-0.05, 0) is 48.7 Å². The Balaban J connectivity index is 1.08. The molecule has 2 aromatic rings. The van der Waals surface area contributed by atoms with Crippen LogP contribution in [0.4, 0.5) is 10.5 Å². The third-order valence-electron chi connectivity index (χ3n) is 7.41. The van der Waals surface area contributed by atoms with E-state index in [0.29, 0.717) is 43.9 Å². The maximum Gasteiger partial charge on any atom is 0.321 e. The van der Waals surface area contributed by atoms with Gasteiger partial charge in [0, 0.05) is 57.0 Å². The van der Waals surface area contributed by atoms with Crippen molar-refractivity contribution in [2.75, 3.05) is 44.6 Å². The van der Waals surface area contributed by atoms with E-state index in [0.717, 1.165) is 43.1 Å². The van der Waals surface area contributed by atoms with Crippen LogP contribution in [0, 0.1) is 0 Å². The molecular formula is C27H34ClN3O5. The van der Waals surface area contributed by atoms with Gasteiger partial charge in [-0.25, -0.2) is 4.79 Å². The number of anilines is 1. The second-order valence-corrected chi connectivity index (χ2v) is 10.6. The lowest BCUT2D eigenvalue weighted by molar-refractivity contribution is -0.00191. The minimum Gasteiger partial charge on any atom is -0.489 e. The first-order chi connectivity index (χ1) is 17.4. The summed E-state index contributed by atoms with van der Waals surface area (Å²) >= 11 is 6.15. The Labute approximate surface area is 216 Å². The number of carbonyl (C=O) groups excluding carboxylic acids is 1. The summed E-state index contributed by atoms with van der Waals surface area (Å²) in [5, 5.41) is 24.0. The molecule has 0 aliphatic carbocycles. The van der Waals surface area contributed by atoms with E-state index < -0.39 is 6.10 Å².